The zero-order valence-electron chi connectivity index (χ0n) is 14.4. The number of methoxy groups -OCH3 is 1. The van der Waals surface area contributed by atoms with Crippen molar-refractivity contribution in [3.8, 4) is 0 Å². The SMILES string of the molecule is COC(=O)C1=C(C)NC(C)=C(C(C)=O)C1c1csc2ccc(Cl)cc12. The van der Waals surface area contributed by atoms with E-state index in [1.165, 1.54) is 14.0 Å². The highest BCUT2D eigenvalue weighted by Gasteiger charge is 2.36. The van der Waals surface area contributed by atoms with E-state index in [4.69, 9.17) is 16.3 Å². The number of ether oxygens (including phenoxy) is 1. The molecule has 1 aromatic heterocycles. The van der Waals surface area contributed by atoms with Crippen LogP contribution in [0.15, 0.2) is 46.1 Å². The normalized spacial score (nSPS) is 17.7. The summed E-state index contributed by atoms with van der Waals surface area (Å²) in [5, 5.41) is 6.70. The molecule has 25 heavy (non-hydrogen) atoms. The second kappa shape index (κ2) is 6.65. The predicted molar refractivity (Wildman–Crippen MR) is 101 cm³/mol. The van der Waals surface area contributed by atoms with E-state index >= 15 is 0 Å². The molecule has 0 saturated carbocycles. The molecule has 0 aliphatic carbocycles. The third kappa shape index (κ3) is 2.98. The minimum atomic E-state index is -0.474. The van der Waals surface area contributed by atoms with E-state index in [0.717, 1.165) is 21.3 Å². The van der Waals surface area contributed by atoms with Crippen molar-refractivity contribution in [2.75, 3.05) is 7.11 Å². The molecule has 0 amide bonds. The molecule has 1 aromatic carbocycles. The molecule has 1 unspecified atom stereocenters. The van der Waals surface area contributed by atoms with Crippen molar-refractivity contribution in [2.24, 2.45) is 0 Å². The van der Waals surface area contributed by atoms with Crippen LogP contribution in [-0.4, -0.2) is 18.9 Å². The summed E-state index contributed by atoms with van der Waals surface area (Å²) in [5.41, 5.74) is 3.38. The fraction of sp³-hybridized carbons (Fsp3) is 0.263. The van der Waals surface area contributed by atoms with Crippen molar-refractivity contribution in [2.45, 2.75) is 26.7 Å². The van der Waals surface area contributed by atoms with Gasteiger partial charge in [0.25, 0.3) is 0 Å². The standard InChI is InChI=1S/C19H18ClNO3S/c1-9-16(11(3)22)18(17(10(2)21-9)19(23)24-4)14-8-25-15-6-5-12(20)7-13(14)15/h5-8,18,21H,1-4H3. The topological polar surface area (TPSA) is 55.4 Å². The quantitative estimate of drug-likeness (QED) is 0.799. The highest BCUT2D eigenvalue weighted by Crippen LogP contribution is 2.44. The Bertz CT molecular complexity index is 955. The molecule has 6 heteroatoms. The van der Waals surface area contributed by atoms with Gasteiger partial charge in [-0.05, 0) is 55.3 Å². The molecule has 1 aliphatic rings. The van der Waals surface area contributed by atoms with Gasteiger partial charge >= 0.3 is 5.97 Å². The number of carbonyl (C=O) groups excluding carboxylic acids is 2. The first-order valence-corrected chi connectivity index (χ1v) is 9.05. The molecule has 2 heterocycles. The van der Waals surface area contributed by atoms with Gasteiger partial charge in [-0.3, -0.25) is 4.79 Å². The summed E-state index contributed by atoms with van der Waals surface area (Å²) in [5.74, 6) is -0.994. The first-order valence-electron chi connectivity index (χ1n) is 7.79. The predicted octanol–water partition coefficient (Wildman–Crippen LogP) is 4.55. The number of nitrogens with one attached hydrogen (secondary N) is 1. The van der Waals surface area contributed by atoms with Crippen molar-refractivity contribution in [1.82, 2.24) is 5.32 Å². The average Bonchev–Trinajstić information content (AvgIpc) is 2.95. The van der Waals surface area contributed by atoms with E-state index in [1.807, 2.05) is 37.4 Å². The molecule has 130 valence electrons. The van der Waals surface area contributed by atoms with E-state index in [1.54, 1.807) is 11.3 Å². The number of ketones is 1. The van der Waals surface area contributed by atoms with Crippen molar-refractivity contribution in [1.29, 1.82) is 0 Å². The zero-order valence-corrected chi connectivity index (χ0v) is 16.0. The second-order valence-electron chi connectivity index (χ2n) is 6.01. The van der Waals surface area contributed by atoms with Crippen LogP contribution in [0.25, 0.3) is 10.1 Å². The number of rotatable bonds is 3. The second-order valence-corrected chi connectivity index (χ2v) is 7.36. The van der Waals surface area contributed by atoms with Gasteiger partial charge in [0, 0.05) is 32.6 Å². The Hall–Kier alpha value is -2.11. The van der Waals surface area contributed by atoms with Crippen LogP contribution in [0.1, 0.15) is 32.3 Å². The van der Waals surface area contributed by atoms with Crippen molar-refractivity contribution in [3.63, 3.8) is 0 Å². The van der Waals surface area contributed by atoms with Gasteiger partial charge in [0.15, 0.2) is 5.78 Å². The lowest BCUT2D eigenvalue weighted by Crippen LogP contribution is -2.30. The molecule has 4 nitrogen and oxygen atoms in total. The number of allylic oxidation sites excluding steroid dienone is 3. The molecule has 3 rings (SSSR count). The van der Waals surface area contributed by atoms with E-state index in [0.29, 0.717) is 21.9 Å². The first-order chi connectivity index (χ1) is 11.8. The van der Waals surface area contributed by atoms with E-state index in [-0.39, 0.29) is 5.78 Å². The number of hydrogen-bond donors (Lipinski definition) is 1. The molecule has 1 N–H and O–H groups in total. The largest absolute Gasteiger partial charge is 0.466 e. The number of carbonyl (C=O) groups is 2. The van der Waals surface area contributed by atoms with Gasteiger partial charge in [-0.25, -0.2) is 4.79 Å². The van der Waals surface area contributed by atoms with Gasteiger partial charge in [0.2, 0.25) is 0 Å². The Morgan fingerprint density at radius 1 is 1.20 bits per heavy atom. The van der Waals surface area contributed by atoms with Gasteiger partial charge in [-0.15, -0.1) is 11.3 Å². The van der Waals surface area contributed by atoms with Crippen LogP contribution in [0.5, 0.6) is 0 Å². The van der Waals surface area contributed by atoms with Crippen LogP contribution in [0.4, 0.5) is 0 Å². The fourth-order valence-electron chi connectivity index (χ4n) is 3.40. The fourth-order valence-corrected chi connectivity index (χ4v) is 4.54. The van der Waals surface area contributed by atoms with Gasteiger partial charge < -0.3 is 10.1 Å². The smallest absolute Gasteiger partial charge is 0.336 e. The number of benzene rings is 1. The maximum Gasteiger partial charge on any atom is 0.336 e. The Morgan fingerprint density at radius 3 is 2.52 bits per heavy atom. The molecule has 0 spiro atoms. The minimum Gasteiger partial charge on any atom is -0.466 e. The van der Waals surface area contributed by atoms with Crippen LogP contribution in [-0.2, 0) is 14.3 Å². The van der Waals surface area contributed by atoms with Gasteiger partial charge in [0.05, 0.1) is 12.7 Å². The summed E-state index contributed by atoms with van der Waals surface area (Å²) in [6, 6.07) is 5.66. The third-order valence-corrected chi connectivity index (χ3v) is 5.64. The molecule has 0 fully saturated rings. The Morgan fingerprint density at radius 2 is 1.88 bits per heavy atom. The highest BCUT2D eigenvalue weighted by atomic mass is 35.5. The number of Topliss-reactive ketones (excluding diaryl/α,β-unsaturated/α-hetero) is 1. The minimum absolute atomic E-state index is 0.0784. The molecule has 1 aliphatic heterocycles. The van der Waals surface area contributed by atoms with Crippen LogP contribution < -0.4 is 5.32 Å². The summed E-state index contributed by atoms with van der Waals surface area (Å²) < 4.78 is 6.05. The zero-order chi connectivity index (χ0) is 18.3. The molecule has 0 saturated heterocycles. The number of fused-ring (bicyclic) bond motifs is 1. The van der Waals surface area contributed by atoms with E-state index in [9.17, 15) is 9.59 Å². The van der Waals surface area contributed by atoms with Crippen molar-refractivity contribution in [3.05, 3.63) is 56.7 Å². The molecule has 1 atom stereocenters. The molecular weight excluding hydrogens is 358 g/mol. The number of esters is 1. The van der Waals surface area contributed by atoms with Crippen LogP contribution in [0, 0.1) is 0 Å². The number of hydrogen-bond acceptors (Lipinski definition) is 5. The summed E-state index contributed by atoms with van der Waals surface area (Å²) >= 11 is 7.74. The van der Waals surface area contributed by atoms with Crippen LogP contribution in [0.3, 0.4) is 0 Å². The third-order valence-electron chi connectivity index (χ3n) is 4.42. The monoisotopic (exact) mass is 375 g/mol. The molecule has 2 aromatic rings. The van der Waals surface area contributed by atoms with Crippen LogP contribution in [0.2, 0.25) is 5.02 Å². The maximum absolute atomic E-state index is 12.5. The van der Waals surface area contributed by atoms with Gasteiger partial charge in [-0.1, -0.05) is 11.6 Å². The first kappa shape index (κ1) is 17.7. The van der Waals surface area contributed by atoms with E-state index < -0.39 is 11.9 Å². The summed E-state index contributed by atoms with van der Waals surface area (Å²) in [6.45, 7) is 5.19. The summed E-state index contributed by atoms with van der Waals surface area (Å²) in [6.07, 6.45) is 0. The molecule has 0 bridgehead atoms. The molecular formula is C19H18ClNO3S. The highest BCUT2D eigenvalue weighted by molar-refractivity contribution is 7.17. The number of thiophene rings is 1. The Balaban J connectivity index is 2.32. The summed E-state index contributed by atoms with van der Waals surface area (Å²) in [4.78, 5) is 24.9. The lowest BCUT2D eigenvalue weighted by atomic mass is 9.79. The van der Waals surface area contributed by atoms with Crippen molar-refractivity contribution >= 4 is 44.8 Å². The van der Waals surface area contributed by atoms with Gasteiger partial charge in [-0.2, -0.15) is 0 Å². The number of dihydropyridines is 1. The number of halogens is 1. The summed E-state index contributed by atoms with van der Waals surface area (Å²) in [7, 11) is 1.35. The lowest BCUT2D eigenvalue weighted by molar-refractivity contribution is -0.136. The Labute approximate surface area is 155 Å². The maximum atomic E-state index is 12.5. The Kier molecular flexibility index (Phi) is 4.71. The van der Waals surface area contributed by atoms with E-state index in [2.05, 4.69) is 5.32 Å². The molecule has 0 radical (unpaired) electrons. The van der Waals surface area contributed by atoms with Crippen molar-refractivity contribution < 1.29 is 14.3 Å². The average molecular weight is 376 g/mol. The van der Waals surface area contributed by atoms with Gasteiger partial charge in [0.1, 0.15) is 0 Å². The van der Waals surface area contributed by atoms with Crippen LogP contribution >= 0.6 is 22.9 Å². The lowest BCUT2D eigenvalue weighted by Gasteiger charge is -2.30.